The van der Waals surface area contributed by atoms with Crippen LogP contribution in [0.1, 0.15) is 40.3 Å². The van der Waals surface area contributed by atoms with Crippen molar-refractivity contribution in [3.63, 3.8) is 0 Å². The lowest BCUT2D eigenvalue weighted by molar-refractivity contribution is -0.192. The Hall–Kier alpha value is -3.25. The Kier molecular flexibility index (Phi) is 13.6. The van der Waals surface area contributed by atoms with E-state index in [2.05, 4.69) is 10.1 Å². The lowest BCUT2D eigenvalue weighted by atomic mass is 9.96. The van der Waals surface area contributed by atoms with Gasteiger partial charge in [-0.05, 0) is 56.5 Å². The molecule has 6 atom stereocenters. The van der Waals surface area contributed by atoms with Crippen molar-refractivity contribution in [1.29, 1.82) is 0 Å². The highest BCUT2D eigenvalue weighted by Gasteiger charge is 2.54. The first-order chi connectivity index (χ1) is 21.2. The van der Waals surface area contributed by atoms with Crippen LogP contribution in [0.25, 0.3) is 0 Å². The third-order valence-corrected chi connectivity index (χ3v) is 7.96. The number of hydrogen-bond donors (Lipinski definition) is 5. The summed E-state index contributed by atoms with van der Waals surface area (Å²) in [4.78, 5) is 37.5. The van der Waals surface area contributed by atoms with Crippen LogP contribution in [0.5, 0.6) is 5.75 Å². The summed E-state index contributed by atoms with van der Waals surface area (Å²) in [5.41, 5.74) is 2.77. The summed E-state index contributed by atoms with van der Waals surface area (Å²) < 4.78 is 68.9. The minimum atomic E-state index is -5.08. The van der Waals surface area contributed by atoms with Crippen molar-refractivity contribution in [2.24, 2.45) is 5.92 Å². The summed E-state index contributed by atoms with van der Waals surface area (Å²) in [6.07, 6.45) is -7.76. The Morgan fingerprint density at radius 2 is 1.85 bits per heavy atom. The number of nitrogen functional groups attached to an aromatic ring is 1. The van der Waals surface area contributed by atoms with Gasteiger partial charge in [0.05, 0.1) is 13.2 Å². The smallest absolute Gasteiger partial charge is 0.475 e. The van der Waals surface area contributed by atoms with Gasteiger partial charge in [0.15, 0.2) is 6.23 Å². The van der Waals surface area contributed by atoms with Crippen LogP contribution in [0.3, 0.4) is 0 Å². The van der Waals surface area contributed by atoms with E-state index < -0.39 is 68.2 Å². The summed E-state index contributed by atoms with van der Waals surface area (Å²) >= 11 is 5.94. The molecule has 0 radical (unpaired) electrons. The molecular weight excluding hydrogens is 668 g/mol. The zero-order valence-corrected chi connectivity index (χ0v) is 26.7. The molecule has 1 aromatic carbocycles. The molecule has 0 amide bonds. The highest BCUT2D eigenvalue weighted by atomic mass is 35.5. The number of carboxylic acid groups (broad SMARTS) is 1. The number of ether oxygens (including phenoxy) is 2. The molecule has 1 fully saturated rings. The fourth-order valence-corrected chi connectivity index (χ4v) is 5.63. The molecule has 2 aromatic rings. The predicted octanol–water partition coefficient (Wildman–Crippen LogP) is 2.89. The summed E-state index contributed by atoms with van der Waals surface area (Å²) in [5.74, 6) is -3.30. The molecule has 0 bridgehead atoms. The summed E-state index contributed by atoms with van der Waals surface area (Å²) in [6, 6.07) is 6.24. The maximum Gasteiger partial charge on any atom is 0.490 e. The van der Waals surface area contributed by atoms with E-state index in [1.807, 2.05) is 13.8 Å². The van der Waals surface area contributed by atoms with E-state index in [1.165, 1.54) is 43.5 Å². The summed E-state index contributed by atoms with van der Waals surface area (Å²) in [6.45, 7) is 6.22. The van der Waals surface area contributed by atoms with Gasteiger partial charge in [0.2, 0.25) is 0 Å². The van der Waals surface area contributed by atoms with Gasteiger partial charge in [-0.1, -0.05) is 25.4 Å². The number of esters is 1. The molecule has 15 nitrogen and oxygen atoms in total. The number of aliphatic hydroxyl groups excluding tert-OH is 1. The largest absolute Gasteiger partial charge is 0.490 e. The molecule has 0 spiro atoms. The van der Waals surface area contributed by atoms with Gasteiger partial charge in [-0.3, -0.25) is 13.9 Å². The average Bonchev–Trinajstić information content (AvgIpc) is 3.16. The van der Waals surface area contributed by atoms with Crippen LogP contribution in [0.4, 0.5) is 19.0 Å². The molecule has 1 aromatic heterocycles. The number of aliphatic carboxylic acids is 1. The van der Waals surface area contributed by atoms with Crippen LogP contribution >= 0.6 is 19.3 Å². The molecule has 1 saturated heterocycles. The van der Waals surface area contributed by atoms with Gasteiger partial charge in [-0.2, -0.15) is 23.2 Å². The Balaban J connectivity index is 0.000000942. The van der Waals surface area contributed by atoms with Gasteiger partial charge in [0.25, 0.3) is 0 Å². The van der Waals surface area contributed by atoms with Crippen molar-refractivity contribution in [3.8, 4) is 5.75 Å². The van der Waals surface area contributed by atoms with E-state index >= 15 is 0 Å². The number of halogens is 4. The molecule has 1 aliphatic heterocycles. The fraction of sp³-hybridized carbons (Fsp3) is 0.538. The van der Waals surface area contributed by atoms with Gasteiger partial charge in [-0.25, -0.2) is 14.2 Å². The van der Waals surface area contributed by atoms with Crippen LogP contribution in [0.15, 0.2) is 41.3 Å². The van der Waals surface area contributed by atoms with Crippen molar-refractivity contribution in [2.45, 2.75) is 70.4 Å². The number of carboxylic acids is 1. The van der Waals surface area contributed by atoms with Gasteiger partial charge >= 0.3 is 31.6 Å². The number of aliphatic hydroxyl groups is 2. The number of rotatable bonds is 12. The third-order valence-electron chi connectivity index (χ3n) is 6.14. The number of aromatic nitrogens is 2. The second kappa shape index (κ2) is 16.0. The van der Waals surface area contributed by atoms with Crippen LogP contribution in [-0.4, -0.2) is 80.1 Å². The number of alkyl halides is 3. The molecule has 1 unspecified atom stereocenters. The first-order valence-electron chi connectivity index (χ1n) is 13.5. The number of nitrogens with zero attached hydrogens (tertiary/aromatic N) is 2. The van der Waals surface area contributed by atoms with Crippen molar-refractivity contribution < 1.29 is 61.2 Å². The molecular formula is C26H35ClF3N4O11P. The van der Waals surface area contributed by atoms with E-state index in [4.69, 9.17) is 45.8 Å². The maximum absolute atomic E-state index is 14.0. The van der Waals surface area contributed by atoms with Crippen molar-refractivity contribution >= 4 is 37.1 Å². The molecule has 46 heavy (non-hydrogen) atoms. The number of nitrogens with two attached hydrogens (primary N) is 1. The van der Waals surface area contributed by atoms with E-state index in [-0.39, 0.29) is 30.5 Å². The molecule has 0 aliphatic carbocycles. The van der Waals surface area contributed by atoms with Crippen molar-refractivity contribution in [1.82, 2.24) is 14.6 Å². The average molecular weight is 703 g/mol. The van der Waals surface area contributed by atoms with Crippen LogP contribution in [0.2, 0.25) is 5.02 Å². The van der Waals surface area contributed by atoms with E-state index in [1.54, 1.807) is 6.92 Å². The van der Waals surface area contributed by atoms with Gasteiger partial charge < -0.3 is 35.1 Å². The number of benzene rings is 1. The van der Waals surface area contributed by atoms with Gasteiger partial charge in [-0.15, -0.1) is 0 Å². The van der Waals surface area contributed by atoms with Crippen LogP contribution < -0.4 is 21.0 Å². The Labute approximate surface area is 266 Å². The lowest BCUT2D eigenvalue weighted by Crippen LogP contribution is -2.46. The summed E-state index contributed by atoms with van der Waals surface area (Å²) in [7, 11) is -4.34. The SMILES string of the molecule is CCOC(=O)[C@H](CC(C)C)NP(=O)(OC[C@H]1O[C@@H](n2ccc(N)nc2=O)[C@](C)(O)[C@@H]1O)Oc1ccc(Cl)cc1.O=C(O)C(F)(F)F. The standard InChI is InChI=1S/C24H34ClN4O9P.C2HF3O2/c1-5-35-21(31)17(12-14(2)3)28-39(34,38-16-8-6-15(25)7-9-16)36-13-18-20(30)24(4,33)22(37-18)29-11-10-19(26)27-23(29)32;3-2(4,5)1(6)7/h6-11,14,17-18,20,22,30,33H,5,12-13H2,1-4H3,(H,28,34)(H2,26,27,32);(H,6,7)/t17-,18+,20+,22+,24+,39?;/m0./s1. The lowest BCUT2D eigenvalue weighted by Gasteiger charge is -2.28. The molecule has 2 heterocycles. The van der Waals surface area contributed by atoms with E-state index in [0.717, 1.165) is 4.57 Å². The minimum absolute atomic E-state index is 0.0126. The fourth-order valence-electron chi connectivity index (χ4n) is 3.98. The van der Waals surface area contributed by atoms with E-state index in [9.17, 15) is 37.5 Å². The Morgan fingerprint density at radius 3 is 2.35 bits per heavy atom. The maximum atomic E-state index is 14.0. The molecule has 0 saturated carbocycles. The first-order valence-corrected chi connectivity index (χ1v) is 15.5. The number of carbonyl (C=O) groups is 2. The third kappa shape index (κ3) is 10.9. The second-order valence-electron chi connectivity index (χ2n) is 10.4. The minimum Gasteiger partial charge on any atom is -0.475 e. The van der Waals surface area contributed by atoms with Gasteiger partial charge in [0, 0.05) is 11.2 Å². The molecule has 3 rings (SSSR count). The topological polar surface area (TPSA) is 222 Å². The molecule has 1 aliphatic rings. The zero-order chi connectivity index (χ0) is 35.0. The second-order valence-corrected chi connectivity index (χ2v) is 12.6. The zero-order valence-electron chi connectivity index (χ0n) is 25.0. The Bertz CT molecular complexity index is 1440. The van der Waals surface area contributed by atoms with Crippen LogP contribution in [0, 0.1) is 5.92 Å². The van der Waals surface area contributed by atoms with Gasteiger partial charge in [0.1, 0.15) is 35.4 Å². The van der Waals surface area contributed by atoms with Crippen molar-refractivity contribution in [3.05, 3.63) is 52.0 Å². The molecule has 20 heteroatoms. The number of nitrogens with one attached hydrogen (secondary N) is 1. The number of hydrogen-bond acceptors (Lipinski definition) is 12. The van der Waals surface area contributed by atoms with E-state index in [0.29, 0.717) is 5.02 Å². The first kappa shape index (κ1) is 38.9. The normalized spacial score (nSPS) is 23.2. The number of anilines is 1. The molecule has 6 N–H and O–H groups in total. The quantitative estimate of drug-likeness (QED) is 0.159. The highest BCUT2D eigenvalue weighted by molar-refractivity contribution is 7.52. The highest BCUT2D eigenvalue weighted by Crippen LogP contribution is 2.47. The molecule has 258 valence electrons. The van der Waals surface area contributed by atoms with Crippen molar-refractivity contribution in [2.75, 3.05) is 18.9 Å². The number of carbonyl (C=O) groups excluding carboxylic acids is 1. The monoisotopic (exact) mass is 702 g/mol. The Morgan fingerprint density at radius 1 is 1.26 bits per heavy atom. The van der Waals surface area contributed by atoms with Crippen LogP contribution in [-0.2, 0) is 28.2 Å². The predicted molar refractivity (Wildman–Crippen MR) is 156 cm³/mol. The summed E-state index contributed by atoms with van der Waals surface area (Å²) in [5, 5.41) is 32.0.